The highest BCUT2D eigenvalue weighted by molar-refractivity contribution is 5.47. The molecule has 0 aliphatic carbocycles. The van der Waals surface area contributed by atoms with Crippen LogP contribution in [0.5, 0.6) is 0 Å². The van der Waals surface area contributed by atoms with Gasteiger partial charge in [0, 0.05) is 32.2 Å². The van der Waals surface area contributed by atoms with E-state index in [1.165, 1.54) is 0 Å². The first-order chi connectivity index (χ1) is 8.83. The minimum Gasteiger partial charge on any atom is -0.378 e. The number of halogens is 3. The summed E-state index contributed by atoms with van der Waals surface area (Å²) in [7, 11) is 3.83. The van der Waals surface area contributed by atoms with E-state index < -0.39 is 12.6 Å². The van der Waals surface area contributed by atoms with E-state index in [9.17, 15) is 13.2 Å². The average molecular weight is 274 g/mol. The molecule has 0 aromatic heterocycles. The Hall–Kier alpha value is -1.23. The van der Waals surface area contributed by atoms with Gasteiger partial charge in [-0.25, -0.2) is 0 Å². The van der Waals surface area contributed by atoms with Gasteiger partial charge < -0.3 is 10.2 Å². The quantitative estimate of drug-likeness (QED) is 0.850. The normalized spacial score (nSPS) is 13.4. The first-order valence-electron chi connectivity index (χ1n) is 6.41. The topological polar surface area (TPSA) is 15.3 Å². The zero-order valence-corrected chi connectivity index (χ0v) is 11.6. The van der Waals surface area contributed by atoms with Crippen LogP contribution in [0.1, 0.15) is 31.4 Å². The predicted molar refractivity (Wildman–Crippen MR) is 72.5 cm³/mol. The Balaban J connectivity index is 2.83. The van der Waals surface area contributed by atoms with Gasteiger partial charge in [0.05, 0.1) is 0 Å². The SMILES string of the molecule is CCNC(CCC(F)(F)F)c1cccc(N(C)C)c1. The lowest BCUT2D eigenvalue weighted by atomic mass is 10.0. The lowest BCUT2D eigenvalue weighted by Crippen LogP contribution is -2.23. The summed E-state index contributed by atoms with van der Waals surface area (Å²) in [5.74, 6) is 0. The molecule has 108 valence electrons. The molecule has 0 fully saturated rings. The lowest BCUT2D eigenvalue weighted by Gasteiger charge is -2.21. The lowest BCUT2D eigenvalue weighted by molar-refractivity contribution is -0.136. The Labute approximate surface area is 112 Å². The molecule has 1 atom stereocenters. The molecule has 1 rings (SSSR count). The summed E-state index contributed by atoms with van der Waals surface area (Å²) in [4.78, 5) is 1.94. The summed E-state index contributed by atoms with van der Waals surface area (Å²) in [6, 6.07) is 7.37. The van der Waals surface area contributed by atoms with E-state index in [4.69, 9.17) is 0 Å². The first kappa shape index (κ1) is 15.8. The van der Waals surface area contributed by atoms with Gasteiger partial charge in [-0.2, -0.15) is 13.2 Å². The fourth-order valence-corrected chi connectivity index (χ4v) is 1.96. The number of hydrogen-bond acceptors (Lipinski definition) is 2. The van der Waals surface area contributed by atoms with Crippen LogP contribution in [-0.4, -0.2) is 26.8 Å². The van der Waals surface area contributed by atoms with Crippen LogP contribution >= 0.6 is 0 Å². The van der Waals surface area contributed by atoms with Crippen LogP contribution in [-0.2, 0) is 0 Å². The monoisotopic (exact) mass is 274 g/mol. The smallest absolute Gasteiger partial charge is 0.378 e. The maximum absolute atomic E-state index is 12.3. The van der Waals surface area contributed by atoms with E-state index in [-0.39, 0.29) is 12.5 Å². The molecular formula is C14H21F3N2. The van der Waals surface area contributed by atoms with E-state index in [0.29, 0.717) is 6.54 Å². The van der Waals surface area contributed by atoms with Crippen LogP contribution in [0.2, 0.25) is 0 Å². The molecule has 0 radical (unpaired) electrons. The predicted octanol–water partition coefficient (Wildman–Crippen LogP) is 3.75. The van der Waals surface area contributed by atoms with Crippen molar-refractivity contribution in [1.29, 1.82) is 0 Å². The molecule has 0 spiro atoms. The van der Waals surface area contributed by atoms with Crippen LogP contribution in [0.3, 0.4) is 0 Å². The zero-order chi connectivity index (χ0) is 14.5. The van der Waals surface area contributed by atoms with E-state index in [1.54, 1.807) is 0 Å². The van der Waals surface area contributed by atoms with Gasteiger partial charge in [-0.05, 0) is 30.7 Å². The van der Waals surface area contributed by atoms with Crippen LogP contribution in [0.25, 0.3) is 0 Å². The van der Waals surface area contributed by atoms with Gasteiger partial charge in [-0.1, -0.05) is 19.1 Å². The van der Waals surface area contributed by atoms with Crippen molar-refractivity contribution in [3.05, 3.63) is 29.8 Å². The van der Waals surface area contributed by atoms with Gasteiger partial charge in [0.1, 0.15) is 0 Å². The van der Waals surface area contributed by atoms with Gasteiger partial charge in [-0.3, -0.25) is 0 Å². The fourth-order valence-electron chi connectivity index (χ4n) is 1.96. The first-order valence-corrected chi connectivity index (χ1v) is 6.41. The van der Waals surface area contributed by atoms with Crippen molar-refractivity contribution in [2.75, 3.05) is 25.5 Å². The minimum atomic E-state index is -4.10. The standard InChI is InChI=1S/C14H21F3N2/c1-4-18-13(8-9-14(15,16)17)11-6-5-7-12(10-11)19(2)3/h5-7,10,13,18H,4,8-9H2,1-3H3. The molecule has 0 aliphatic rings. The summed E-state index contributed by atoms with van der Waals surface area (Å²) >= 11 is 0. The zero-order valence-electron chi connectivity index (χ0n) is 11.6. The van der Waals surface area contributed by atoms with E-state index >= 15 is 0 Å². The molecule has 0 saturated carbocycles. The van der Waals surface area contributed by atoms with Crippen molar-refractivity contribution in [1.82, 2.24) is 5.32 Å². The van der Waals surface area contributed by atoms with Crippen LogP contribution < -0.4 is 10.2 Å². The molecule has 1 aromatic rings. The second kappa shape index (κ2) is 6.80. The molecule has 0 aliphatic heterocycles. The number of benzene rings is 1. The molecule has 0 saturated heterocycles. The largest absolute Gasteiger partial charge is 0.389 e. The number of anilines is 1. The van der Waals surface area contributed by atoms with E-state index in [2.05, 4.69) is 5.32 Å². The van der Waals surface area contributed by atoms with E-state index in [1.807, 2.05) is 50.2 Å². The van der Waals surface area contributed by atoms with Crippen LogP contribution in [0, 0.1) is 0 Å². The number of hydrogen-bond donors (Lipinski definition) is 1. The Kier molecular flexibility index (Phi) is 5.66. The molecule has 0 amide bonds. The second-order valence-corrected chi connectivity index (χ2v) is 4.75. The Morgan fingerprint density at radius 2 is 1.95 bits per heavy atom. The van der Waals surface area contributed by atoms with Gasteiger partial charge in [0.2, 0.25) is 0 Å². The molecule has 19 heavy (non-hydrogen) atoms. The van der Waals surface area contributed by atoms with Crippen molar-refractivity contribution < 1.29 is 13.2 Å². The van der Waals surface area contributed by atoms with Crippen molar-refractivity contribution in [2.45, 2.75) is 32.0 Å². The Morgan fingerprint density at radius 1 is 1.26 bits per heavy atom. The van der Waals surface area contributed by atoms with Gasteiger partial charge >= 0.3 is 6.18 Å². The molecule has 1 aromatic carbocycles. The minimum absolute atomic E-state index is 0.0637. The van der Waals surface area contributed by atoms with Gasteiger partial charge in [0.15, 0.2) is 0 Å². The highest BCUT2D eigenvalue weighted by atomic mass is 19.4. The van der Waals surface area contributed by atoms with Crippen molar-refractivity contribution in [3.8, 4) is 0 Å². The van der Waals surface area contributed by atoms with Crippen LogP contribution in [0.15, 0.2) is 24.3 Å². The summed E-state index contributed by atoms with van der Waals surface area (Å²) < 4.78 is 37.0. The molecule has 0 heterocycles. The van der Waals surface area contributed by atoms with Crippen molar-refractivity contribution in [3.63, 3.8) is 0 Å². The third-order valence-electron chi connectivity index (χ3n) is 2.96. The average Bonchev–Trinajstić information content (AvgIpc) is 2.33. The third kappa shape index (κ3) is 5.51. The number of nitrogens with one attached hydrogen (secondary N) is 1. The van der Waals surface area contributed by atoms with Crippen LogP contribution in [0.4, 0.5) is 18.9 Å². The molecule has 2 nitrogen and oxygen atoms in total. The van der Waals surface area contributed by atoms with Gasteiger partial charge in [-0.15, -0.1) is 0 Å². The molecule has 5 heteroatoms. The number of alkyl halides is 3. The fraction of sp³-hybridized carbons (Fsp3) is 0.571. The molecule has 1 N–H and O–H groups in total. The Morgan fingerprint density at radius 3 is 2.47 bits per heavy atom. The summed E-state index contributed by atoms with van der Waals surface area (Å²) in [6.45, 7) is 2.55. The summed E-state index contributed by atoms with van der Waals surface area (Å²) in [6.07, 6.45) is -4.81. The Bertz CT molecular complexity index is 389. The molecular weight excluding hydrogens is 253 g/mol. The number of rotatable bonds is 6. The summed E-state index contributed by atoms with van der Waals surface area (Å²) in [5.41, 5.74) is 1.89. The maximum atomic E-state index is 12.3. The van der Waals surface area contributed by atoms with Crippen molar-refractivity contribution >= 4 is 5.69 Å². The maximum Gasteiger partial charge on any atom is 0.389 e. The molecule has 1 unspecified atom stereocenters. The van der Waals surface area contributed by atoms with E-state index in [0.717, 1.165) is 11.3 Å². The summed E-state index contributed by atoms with van der Waals surface area (Å²) in [5, 5.41) is 3.12. The molecule has 0 bridgehead atoms. The third-order valence-corrected chi connectivity index (χ3v) is 2.96. The highest BCUT2D eigenvalue weighted by Crippen LogP contribution is 2.28. The number of nitrogens with zero attached hydrogens (tertiary/aromatic N) is 1. The van der Waals surface area contributed by atoms with Gasteiger partial charge in [0.25, 0.3) is 0 Å². The second-order valence-electron chi connectivity index (χ2n) is 4.75. The highest BCUT2D eigenvalue weighted by Gasteiger charge is 2.28. The van der Waals surface area contributed by atoms with Crippen molar-refractivity contribution in [2.24, 2.45) is 0 Å².